The van der Waals surface area contributed by atoms with Crippen molar-refractivity contribution < 1.29 is 24.3 Å². The number of hydrogen-bond acceptors (Lipinski definition) is 4. The average molecular weight is 313 g/mol. The number of nitrogens with zero attached hydrogens (tertiary/aromatic N) is 1. The van der Waals surface area contributed by atoms with Crippen molar-refractivity contribution in [2.75, 3.05) is 27.7 Å². The van der Waals surface area contributed by atoms with Crippen LogP contribution in [0.3, 0.4) is 0 Å². The van der Waals surface area contributed by atoms with Gasteiger partial charge in [0.05, 0.1) is 21.1 Å². The summed E-state index contributed by atoms with van der Waals surface area (Å²) in [6.45, 7) is 2.20. The van der Waals surface area contributed by atoms with Gasteiger partial charge in [-0.25, -0.2) is 0 Å². The summed E-state index contributed by atoms with van der Waals surface area (Å²) >= 11 is 0. The van der Waals surface area contributed by atoms with Gasteiger partial charge in [0.2, 0.25) is 0 Å². The van der Waals surface area contributed by atoms with E-state index in [4.69, 9.17) is 0 Å². The Bertz CT molecular complexity index is 385. The predicted octanol–water partition coefficient (Wildman–Crippen LogP) is 1.05. The van der Waals surface area contributed by atoms with E-state index in [1.54, 1.807) is 27.2 Å². The maximum absolute atomic E-state index is 12.2. The van der Waals surface area contributed by atoms with Gasteiger partial charge in [-0.2, -0.15) is 0 Å². The summed E-state index contributed by atoms with van der Waals surface area (Å²) in [5.41, 5.74) is -1.87. The lowest BCUT2D eigenvalue weighted by Gasteiger charge is -2.34. The number of unbranched alkanes of at least 4 members (excludes halogenated alkanes) is 4. The molecule has 128 valence electrons. The Morgan fingerprint density at radius 2 is 1.77 bits per heavy atom. The monoisotopic (exact) mass is 313 g/mol. The molecule has 1 atom stereocenters. The van der Waals surface area contributed by atoms with E-state index in [0.717, 1.165) is 12.8 Å². The van der Waals surface area contributed by atoms with Crippen molar-refractivity contribution in [1.29, 1.82) is 0 Å². The van der Waals surface area contributed by atoms with Crippen LogP contribution >= 0.6 is 0 Å². The summed E-state index contributed by atoms with van der Waals surface area (Å²) in [4.78, 5) is 23.0. The Labute approximate surface area is 134 Å². The first kappa shape index (κ1) is 20.8. The van der Waals surface area contributed by atoms with Crippen molar-refractivity contribution in [3.05, 3.63) is 12.2 Å². The highest BCUT2D eigenvalue weighted by Gasteiger charge is 2.40. The van der Waals surface area contributed by atoms with E-state index < -0.39 is 23.8 Å². The second kappa shape index (κ2) is 9.74. The molecule has 5 nitrogen and oxygen atoms in total. The largest absolute Gasteiger partial charge is 0.550 e. The van der Waals surface area contributed by atoms with Gasteiger partial charge >= 0.3 is 0 Å². The zero-order chi connectivity index (χ0) is 17.2. The van der Waals surface area contributed by atoms with Gasteiger partial charge in [0, 0.05) is 18.8 Å². The van der Waals surface area contributed by atoms with E-state index in [1.165, 1.54) is 19.3 Å². The van der Waals surface area contributed by atoms with Crippen LogP contribution in [0.4, 0.5) is 0 Å². The minimum Gasteiger partial charge on any atom is -0.550 e. The fraction of sp³-hybridized carbons (Fsp3) is 0.765. The van der Waals surface area contributed by atoms with Crippen molar-refractivity contribution in [2.24, 2.45) is 0 Å². The van der Waals surface area contributed by atoms with Crippen LogP contribution in [-0.2, 0) is 9.59 Å². The first-order chi connectivity index (χ1) is 10.1. The molecule has 0 aromatic rings. The van der Waals surface area contributed by atoms with Gasteiger partial charge in [0.1, 0.15) is 6.54 Å². The van der Waals surface area contributed by atoms with E-state index in [1.807, 2.05) is 6.08 Å². The number of aliphatic hydroxyl groups is 1. The molecule has 0 rings (SSSR count). The molecule has 0 saturated heterocycles. The number of aliphatic carboxylic acids is 1. The molecule has 0 spiro atoms. The molecule has 0 amide bonds. The maximum atomic E-state index is 12.2. The predicted molar refractivity (Wildman–Crippen MR) is 85.0 cm³/mol. The van der Waals surface area contributed by atoms with E-state index in [-0.39, 0.29) is 13.0 Å². The van der Waals surface area contributed by atoms with Crippen LogP contribution in [0.15, 0.2) is 12.2 Å². The Hall–Kier alpha value is -1.20. The fourth-order valence-corrected chi connectivity index (χ4v) is 2.45. The highest BCUT2D eigenvalue weighted by Crippen LogP contribution is 2.18. The number of quaternary nitrogens is 1. The molecule has 0 aliphatic carbocycles. The third kappa shape index (κ3) is 9.68. The molecular formula is C17H31NO4. The van der Waals surface area contributed by atoms with Crippen LogP contribution in [-0.4, -0.2) is 54.6 Å². The molecule has 22 heavy (non-hydrogen) atoms. The SMILES string of the molecule is CCCCCCC=CCC(=O)C(O)(CC(=O)[O-])C[N+](C)(C)C. The summed E-state index contributed by atoms with van der Waals surface area (Å²) in [6.07, 6.45) is 8.60. The van der Waals surface area contributed by atoms with E-state index in [0.29, 0.717) is 4.48 Å². The minimum atomic E-state index is -1.87. The number of carbonyl (C=O) groups excluding carboxylic acids is 2. The molecule has 0 fully saturated rings. The lowest BCUT2D eigenvalue weighted by molar-refractivity contribution is -0.875. The lowest BCUT2D eigenvalue weighted by Crippen LogP contribution is -2.55. The topological polar surface area (TPSA) is 77.4 Å². The maximum Gasteiger partial charge on any atom is 0.177 e. The molecule has 0 bridgehead atoms. The smallest absolute Gasteiger partial charge is 0.177 e. The Morgan fingerprint density at radius 1 is 1.14 bits per heavy atom. The summed E-state index contributed by atoms with van der Waals surface area (Å²) in [5, 5.41) is 21.3. The van der Waals surface area contributed by atoms with Crippen molar-refractivity contribution >= 4 is 11.8 Å². The zero-order valence-electron chi connectivity index (χ0n) is 14.4. The van der Waals surface area contributed by atoms with E-state index >= 15 is 0 Å². The number of carboxylic acids is 1. The van der Waals surface area contributed by atoms with Crippen molar-refractivity contribution in [1.82, 2.24) is 0 Å². The first-order valence-corrected chi connectivity index (χ1v) is 8.01. The molecule has 1 N–H and O–H groups in total. The number of rotatable bonds is 12. The second-order valence-corrected chi connectivity index (χ2v) is 6.98. The normalized spacial score (nSPS) is 15.0. The van der Waals surface area contributed by atoms with Crippen molar-refractivity contribution in [3.8, 4) is 0 Å². The van der Waals surface area contributed by atoms with E-state index in [2.05, 4.69) is 6.92 Å². The molecule has 0 aromatic heterocycles. The number of Topliss-reactive ketones (excluding diaryl/α,β-unsaturated/α-hetero) is 1. The summed E-state index contributed by atoms with van der Waals surface area (Å²) in [6, 6.07) is 0. The number of likely N-dealkylation sites (N-methyl/N-ethyl adjacent to an activating group) is 1. The number of allylic oxidation sites excluding steroid dienone is 2. The van der Waals surface area contributed by atoms with Crippen molar-refractivity contribution in [3.63, 3.8) is 0 Å². The van der Waals surface area contributed by atoms with Gasteiger partial charge < -0.3 is 19.5 Å². The van der Waals surface area contributed by atoms with Gasteiger partial charge in [-0.3, -0.25) is 4.79 Å². The molecule has 0 aliphatic rings. The number of carboxylic acid groups (broad SMARTS) is 1. The third-order valence-corrected chi connectivity index (χ3v) is 3.39. The summed E-state index contributed by atoms with van der Waals surface area (Å²) < 4.78 is 0.302. The number of hydrogen-bond donors (Lipinski definition) is 1. The fourth-order valence-electron chi connectivity index (χ4n) is 2.45. The Kier molecular flexibility index (Phi) is 9.21. The highest BCUT2D eigenvalue weighted by molar-refractivity contribution is 5.91. The average Bonchev–Trinajstić information content (AvgIpc) is 2.34. The summed E-state index contributed by atoms with van der Waals surface area (Å²) in [7, 11) is 5.41. The molecule has 0 saturated carbocycles. The van der Waals surface area contributed by atoms with Crippen molar-refractivity contribution in [2.45, 2.75) is 57.5 Å². The van der Waals surface area contributed by atoms with Crippen LogP contribution < -0.4 is 5.11 Å². The van der Waals surface area contributed by atoms with Gasteiger partial charge in [-0.05, 0) is 12.8 Å². The highest BCUT2D eigenvalue weighted by atomic mass is 16.4. The zero-order valence-corrected chi connectivity index (χ0v) is 14.4. The lowest BCUT2D eigenvalue weighted by atomic mass is 9.91. The molecule has 1 unspecified atom stereocenters. The molecule has 0 radical (unpaired) electrons. The quantitative estimate of drug-likeness (QED) is 0.332. The molecule has 5 heteroatoms. The number of ketones is 1. The standard InChI is InChI=1S/C17H31NO4/c1-5-6-7-8-9-10-11-12-15(19)17(22,13-16(20)21)14-18(2,3)4/h10-11,22H,5-9,12-14H2,1-4H3. The molecule has 0 heterocycles. The molecule has 0 aliphatic heterocycles. The van der Waals surface area contributed by atoms with Crippen LogP contribution in [0, 0.1) is 0 Å². The van der Waals surface area contributed by atoms with Crippen LogP contribution in [0.25, 0.3) is 0 Å². The van der Waals surface area contributed by atoms with Gasteiger partial charge in [0.15, 0.2) is 11.4 Å². The second-order valence-electron chi connectivity index (χ2n) is 6.98. The molecular weight excluding hydrogens is 282 g/mol. The first-order valence-electron chi connectivity index (χ1n) is 8.01. The Balaban J connectivity index is 4.51. The summed E-state index contributed by atoms with van der Waals surface area (Å²) in [5.74, 6) is -1.87. The van der Waals surface area contributed by atoms with E-state index in [9.17, 15) is 19.8 Å². The Morgan fingerprint density at radius 3 is 2.27 bits per heavy atom. The van der Waals surface area contributed by atoms with Crippen LogP contribution in [0.1, 0.15) is 51.9 Å². The third-order valence-electron chi connectivity index (χ3n) is 3.39. The minimum absolute atomic E-state index is 0.0458. The van der Waals surface area contributed by atoms with Gasteiger partial charge in [-0.15, -0.1) is 0 Å². The molecule has 0 aromatic carbocycles. The van der Waals surface area contributed by atoms with Gasteiger partial charge in [-0.1, -0.05) is 38.3 Å². The van der Waals surface area contributed by atoms with Gasteiger partial charge in [0.25, 0.3) is 0 Å². The van der Waals surface area contributed by atoms with Crippen LogP contribution in [0.5, 0.6) is 0 Å². The van der Waals surface area contributed by atoms with Crippen LogP contribution in [0.2, 0.25) is 0 Å². The number of carbonyl (C=O) groups is 2.